The standard InChI is InChI=1S/C11H8N2O/c1-2-4-9-8(3-1)6-14-11-10(9)5-12-7-13-11/h1-5,7H,6H2. The molecule has 0 radical (unpaired) electrons. The Morgan fingerprint density at radius 1 is 1.14 bits per heavy atom. The van der Waals surface area contributed by atoms with E-state index in [1.165, 1.54) is 17.5 Å². The monoisotopic (exact) mass is 184 g/mol. The highest BCUT2D eigenvalue weighted by molar-refractivity contribution is 5.72. The Kier molecular flexibility index (Phi) is 1.50. The van der Waals surface area contributed by atoms with Gasteiger partial charge in [0, 0.05) is 6.20 Å². The van der Waals surface area contributed by atoms with E-state index in [2.05, 4.69) is 22.1 Å². The van der Waals surface area contributed by atoms with E-state index in [1.807, 2.05) is 12.1 Å². The maximum absolute atomic E-state index is 5.50. The molecule has 1 aromatic carbocycles. The molecule has 0 N–H and O–H groups in total. The van der Waals surface area contributed by atoms with Crippen LogP contribution in [0.2, 0.25) is 0 Å². The van der Waals surface area contributed by atoms with Crippen LogP contribution in [0.5, 0.6) is 5.88 Å². The lowest BCUT2D eigenvalue weighted by atomic mass is 10.0. The van der Waals surface area contributed by atoms with Crippen molar-refractivity contribution >= 4 is 0 Å². The van der Waals surface area contributed by atoms with Crippen molar-refractivity contribution in [1.29, 1.82) is 0 Å². The van der Waals surface area contributed by atoms with Crippen LogP contribution in [0, 0.1) is 0 Å². The van der Waals surface area contributed by atoms with Crippen molar-refractivity contribution in [3.8, 4) is 17.0 Å². The molecular weight excluding hydrogens is 176 g/mol. The third-order valence-electron chi connectivity index (χ3n) is 2.35. The van der Waals surface area contributed by atoms with Gasteiger partial charge in [0.15, 0.2) is 0 Å². The molecule has 3 rings (SSSR count). The normalized spacial score (nSPS) is 12.6. The fraction of sp³-hybridized carbons (Fsp3) is 0.0909. The SMILES string of the molecule is c1ccc2c(c1)COc1ncncc1-2. The lowest BCUT2D eigenvalue weighted by molar-refractivity contribution is 0.289. The number of nitrogens with zero attached hydrogens (tertiary/aromatic N) is 2. The summed E-state index contributed by atoms with van der Waals surface area (Å²) in [5, 5.41) is 0. The number of hydrogen-bond donors (Lipinski definition) is 0. The van der Waals surface area contributed by atoms with Gasteiger partial charge < -0.3 is 4.74 Å². The van der Waals surface area contributed by atoms with Gasteiger partial charge in [-0.15, -0.1) is 0 Å². The zero-order chi connectivity index (χ0) is 9.38. The van der Waals surface area contributed by atoms with Gasteiger partial charge in [-0.25, -0.2) is 9.97 Å². The molecule has 0 aliphatic carbocycles. The highest BCUT2D eigenvalue weighted by atomic mass is 16.5. The predicted octanol–water partition coefficient (Wildman–Crippen LogP) is 2.04. The van der Waals surface area contributed by atoms with Crippen LogP contribution in [0.15, 0.2) is 36.8 Å². The number of benzene rings is 1. The highest BCUT2D eigenvalue weighted by Gasteiger charge is 2.16. The number of fused-ring (bicyclic) bond motifs is 3. The third-order valence-corrected chi connectivity index (χ3v) is 2.35. The fourth-order valence-corrected chi connectivity index (χ4v) is 1.67. The van der Waals surface area contributed by atoms with Crippen molar-refractivity contribution in [3.05, 3.63) is 42.4 Å². The van der Waals surface area contributed by atoms with Gasteiger partial charge in [0.25, 0.3) is 0 Å². The van der Waals surface area contributed by atoms with E-state index in [4.69, 9.17) is 4.74 Å². The molecule has 14 heavy (non-hydrogen) atoms. The van der Waals surface area contributed by atoms with Gasteiger partial charge in [-0.1, -0.05) is 24.3 Å². The van der Waals surface area contributed by atoms with Gasteiger partial charge in [0.05, 0.1) is 5.56 Å². The summed E-state index contributed by atoms with van der Waals surface area (Å²) < 4.78 is 5.50. The van der Waals surface area contributed by atoms with Crippen molar-refractivity contribution in [3.63, 3.8) is 0 Å². The molecule has 0 amide bonds. The third kappa shape index (κ3) is 0.988. The largest absolute Gasteiger partial charge is 0.472 e. The lowest BCUT2D eigenvalue weighted by Crippen LogP contribution is -2.06. The fourth-order valence-electron chi connectivity index (χ4n) is 1.67. The summed E-state index contributed by atoms with van der Waals surface area (Å²) in [6, 6.07) is 8.16. The zero-order valence-corrected chi connectivity index (χ0v) is 7.47. The van der Waals surface area contributed by atoms with Crippen LogP contribution in [0.3, 0.4) is 0 Å². The van der Waals surface area contributed by atoms with Crippen LogP contribution in [0.4, 0.5) is 0 Å². The Morgan fingerprint density at radius 3 is 3.07 bits per heavy atom. The molecule has 0 atom stereocenters. The maximum Gasteiger partial charge on any atom is 0.224 e. The Balaban J connectivity index is 2.29. The minimum absolute atomic E-state index is 0.597. The minimum atomic E-state index is 0.597. The number of ether oxygens (including phenoxy) is 1. The van der Waals surface area contributed by atoms with E-state index in [-0.39, 0.29) is 0 Å². The Labute approximate surface area is 81.4 Å². The lowest BCUT2D eigenvalue weighted by Gasteiger charge is -2.18. The second-order valence-corrected chi connectivity index (χ2v) is 3.19. The van der Waals surface area contributed by atoms with Gasteiger partial charge >= 0.3 is 0 Å². The predicted molar refractivity (Wildman–Crippen MR) is 51.8 cm³/mol. The molecule has 68 valence electrons. The maximum atomic E-state index is 5.50. The topological polar surface area (TPSA) is 35.0 Å². The van der Waals surface area contributed by atoms with Crippen LogP contribution in [-0.2, 0) is 6.61 Å². The molecule has 0 unspecified atom stereocenters. The van der Waals surface area contributed by atoms with E-state index in [0.29, 0.717) is 12.5 Å². The van der Waals surface area contributed by atoms with Crippen LogP contribution in [0.25, 0.3) is 11.1 Å². The van der Waals surface area contributed by atoms with Crippen molar-refractivity contribution in [1.82, 2.24) is 9.97 Å². The Hall–Kier alpha value is -1.90. The van der Waals surface area contributed by atoms with E-state index in [1.54, 1.807) is 6.20 Å². The average Bonchev–Trinajstić information content (AvgIpc) is 2.29. The molecule has 3 nitrogen and oxygen atoms in total. The highest BCUT2D eigenvalue weighted by Crippen LogP contribution is 2.34. The van der Waals surface area contributed by atoms with E-state index in [9.17, 15) is 0 Å². The molecule has 0 spiro atoms. The molecule has 0 fully saturated rings. The summed E-state index contributed by atoms with van der Waals surface area (Å²) in [5.41, 5.74) is 3.35. The summed E-state index contributed by atoms with van der Waals surface area (Å²) in [5.74, 6) is 0.679. The molecule has 2 heterocycles. The number of aromatic nitrogens is 2. The molecule has 1 aliphatic rings. The van der Waals surface area contributed by atoms with E-state index in [0.717, 1.165) is 5.56 Å². The van der Waals surface area contributed by atoms with Gasteiger partial charge in [0.2, 0.25) is 5.88 Å². The second kappa shape index (κ2) is 2.80. The van der Waals surface area contributed by atoms with Crippen LogP contribution in [-0.4, -0.2) is 9.97 Å². The van der Waals surface area contributed by atoms with Gasteiger partial charge in [-0.2, -0.15) is 0 Å². The Morgan fingerprint density at radius 2 is 2.07 bits per heavy atom. The van der Waals surface area contributed by atoms with Gasteiger partial charge in [-0.05, 0) is 11.1 Å². The molecule has 0 saturated heterocycles. The average molecular weight is 184 g/mol. The summed E-state index contributed by atoms with van der Waals surface area (Å²) in [4.78, 5) is 8.09. The van der Waals surface area contributed by atoms with Crippen LogP contribution < -0.4 is 4.74 Å². The minimum Gasteiger partial charge on any atom is -0.472 e. The summed E-state index contributed by atoms with van der Waals surface area (Å²) in [6.07, 6.45) is 3.30. The van der Waals surface area contributed by atoms with Crippen LogP contribution in [0.1, 0.15) is 5.56 Å². The van der Waals surface area contributed by atoms with Gasteiger partial charge in [0.1, 0.15) is 12.9 Å². The number of hydrogen-bond acceptors (Lipinski definition) is 3. The first-order valence-electron chi connectivity index (χ1n) is 4.46. The summed E-state index contributed by atoms with van der Waals surface area (Å²) >= 11 is 0. The van der Waals surface area contributed by atoms with Crippen molar-refractivity contribution in [2.45, 2.75) is 6.61 Å². The van der Waals surface area contributed by atoms with Crippen molar-refractivity contribution in [2.75, 3.05) is 0 Å². The van der Waals surface area contributed by atoms with Crippen molar-refractivity contribution < 1.29 is 4.74 Å². The first-order chi connectivity index (χ1) is 6.95. The summed E-state index contributed by atoms with van der Waals surface area (Å²) in [6.45, 7) is 0.597. The van der Waals surface area contributed by atoms with E-state index >= 15 is 0 Å². The van der Waals surface area contributed by atoms with Gasteiger partial charge in [-0.3, -0.25) is 0 Å². The zero-order valence-electron chi connectivity index (χ0n) is 7.47. The summed E-state index contributed by atoms with van der Waals surface area (Å²) in [7, 11) is 0. The molecular formula is C11H8N2O. The Bertz CT molecular complexity index is 437. The molecule has 1 aromatic heterocycles. The molecule has 0 saturated carbocycles. The first-order valence-corrected chi connectivity index (χ1v) is 4.46. The molecule has 1 aliphatic heterocycles. The number of rotatable bonds is 0. The van der Waals surface area contributed by atoms with Crippen molar-refractivity contribution in [2.24, 2.45) is 0 Å². The second-order valence-electron chi connectivity index (χ2n) is 3.19. The van der Waals surface area contributed by atoms with E-state index < -0.39 is 0 Å². The molecule has 0 bridgehead atoms. The molecule has 2 aromatic rings. The smallest absolute Gasteiger partial charge is 0.224 e. The first kappa shape index (κ1) is 7.50. The van der Waals surface area contributed by atoms with Crippen LogP contribution >= 0.6 is 0 Å². The quantitative estimate of drug-likeness (QED) is 0.628. The molecule has 3 heteroatoms.